The average molecular weight is 511 g/mol. The fourth-order valence-electron chi connectivity index (χ4n) is 2.93. The number of hydrogen-bond donors (Lipinski definition) is 1. The van der Waals surface area contributed by atoms with Crippen LogP contribution in [0, 0.1) is 0 Å². The highest BCUT2D eigenvalue weighted by molar-refractivity contribution is 6.28. The molecule has 0 saturated heterocycles. The van der Waals surface area contributed by atoms with Crippen LogP contribution in [0.1, 0.15) is 27.2 Å². The number of carbonyl (C=O) groups is 1. The highest BCUT2D eigenvalue weighted by atomic mass is 35.5. The molecule has 14 heteroatoms. The van der Waals surface area contributed by atoms with Gasteiger partial charge in [-0.3, -0.25) is 9.78 Å². The van der Waals surface area contributed by atoms with E-state index in [-0.39, 0.29) is 16.4 Å². The lowest BCUT2D eigenvalue weighted by molar-refractivity contribution is -0.142. The molecule has 5 nitrogen and oxygen atoms in total. The second-order valence-electron chi connectivity index (χ2n) is 6.78. The average Bonchev–Trinajstić information content (AvgIpc) is 2.76. The number of halogens is 9. The van der Waals surface area contributed by atoms with Crippen LogP contribution in [0.2, 0.25) is 5.28 Å². The molecule has 0 aliphatic carbocycles. The molecule has 0 radical (unpaired) electrons. The molecular formula is C20H11ClF8N4O. The summed E-state index contributed by atoms with van der Waals surface area (Å²) < 4.78 is 109. The van der Waals surface area contributed by atoms with E-state index in [2.05, 4.69) is 15.0 Å². The predicted octanol–water partition coefficient (Wildman–Crippen LogP) is 5.75. The third-order valence-corrected chi connectivity index (χ3v) is 4.66. The van der Waals surface area contributed by atoms with E-state index >= 15 is 0 Å². The van der Waals surface area contributed by atoms with Crippen LogP contribution < -0.4 is 5.32 Å². The lowest BCUT2D eigenvalue weighted by atomic mass is 9.96. The first-order valence-electron chi connectivity index (χ1n) is 9.08. The highest BCUT2D eigenvalue weighted by Crippen LogP contribution is 2.41. The molecular weight excluding hydrogens is 500 g/mol. The number of benzene rings is 1. The number of alkyl halides is 8. The van der Waals surface area contributed by atoms with Gasteiger partial charge in [0.2, 0.25) is 5.28 Å². The van der Waals surface area contributed by atoms with Gasteiger partial charge in [0.1, 0.15) is 0 Å². The molecule has 0 bridgehead atoms. The fourth-order valence-corrected chi connectivity index (χ4v) is 3.03. The van der Waals surface area contributed by atoms with Crippen LogP contribution in [0.4, 0.5) is 35.1 Å². The van der Waals surface area contributed by atoms with Crippen LogP contribution in [-0.4, -0.2) is 27.4 Å². The maximum atomic E-state index is 14.7. The summed E-state index contributed by atoms with van der Waals surface area (Å²) in [6.07, 6.45) is -7.35. The summed E-state index contributed by atoms with van der Waals surface area (Å²) in [7, 11) is 0. The Labute approximate surface area is 190 Å². The van der Waals surface area contributed by atoms with Gasteiger partial charge in [0.05, 0.1) is 17.7 Å². The van der Waals surface area contributed by atoms with Crippen LogP contribution in [0.5, 0.6) is 0 Å². The van der Waals surface area contributed by atoms with Gasteiger partial charge in [0.15, 0.2) is 5.69 Å². The zero-order valence-electron chi connectivity index (χ0n) is 16.5. The summed E-state index contributed by atoms with van der Waals surface area (Å²) in [6.45, 7) is -1.70. The van der Waals surface area contributed by atoms with Gasteiger partial charge in [-0.05, 0) is 35.4 Å². The maximum Gasteiger partial charge on any atom is 0.434 e. The maximum absolute atomic E-state index is 14.7. The number of nitrogens with zero attached hydrogens (tertiary/aromatic N) is 3. The first-order valence-corrected chi connectivity index (χ1v) is 9.46. The van der Waals surface area contributed by atoms with Crippen LogP contribution in [0.15, 0.2) is 48.9 Å². The van der Waals surface area contributed by atoms with Crippen molar-refractivity contribution in [3.63, 3.8) is 0 Å². The Bertz CT molecular complexity index is 1200. The smallest absolute Gasteiger partial charge is 0.346 e. The van der Waals surface area contributed by atoms with Gasteiger partial charge in [-0.1, -0.05) is 12.1 Å². The molecule has 2 heterocycles. The second kappa shape index (κ2) is 9.12. The van der Waals surface area contributed by atoms with E-state index in [1.165, 1.54) is 0 Å². The molecule has 0 saturated carbocycles. The van der Waals surface area contributed by atoms with Gasteiger partial charge in [-0.2, -0.15) is 35.1 Å². The van der Waals surface area contributed by atoms with Crippen molar-refractivity contribution in [1.29, 1.82) is 0 Å². The number of hydrogen-bond acceptors (Lipinski definition) is 4. The summed E-state index contributed by atoms with van der Waals surface area (Å²) >= 11 is 5.53. The number of rotatable bonds is 5. The van der Waals surface area contributed by atoms with E-state index in [9.17, 15) is 39.9 Å². The molecule has 2 aromatic heterocycles. The molecule has 34 heavy (non-hydrogen) atoms. The molecule has 0 spiro atoms. The minimum absolute atomic E-state index is 0.0642. The number of pyridine rings is 1. The molecule has 3 aromatic rings. The number of nitrogens with one attached hydrogen (secondary N) is 1. The van der Waals surface area contributed by atoms with Gasteiger partial charge in [-0.15, -0.1) is 0 Å². The van der Waals surface area contributed by atoms with E-state index < -0.39 is 53.1 Å². The van der Waals surface area contributed by atoms with Crippen LogP contribution in [-0.2, 0) is 18.3 Å². The predicted molar refractivity (Wildman–Crippen MR) is 103 cm³/mol. The molecule has 3 rings (SSSR count). The fraction of sp³-hybridized carbons (Fsp3) is 0.200. The van der Waals surface area contributed by atoms with E-state index in [0.29, 0.717) is 18.2 Å². The normalized spacial score (nSPS) is 12.5. The monoisotopic (exact) mass is 510 g/mol. The molecule has 1 N–H and O–H groups in total. The zero-order chi connectivity index (χ0) is 25.3. The Hall–Kier alpha value is -3.35. The van der Waals surface area contributed by atoms with Crippen molar-refractivity contribution in [1.82, 2.24) is 20.3 Å². The number of amides is 1. The third kappa shape index (κ3) is 5.58. The Morgan fingerprint density at radius 2 is 1.50 bits per heavy atom. The van der Waals surface area contributed by atoms with Crippen LogP contribution in [0.25, 0.3) is 11.1 Å². The Morgan fingerprint density at radius 3 is 2.09 bits per heavy atom. The van der Waals surface area contributed by atoms with E-state index in [1.54, 1.807) is 5.32 Å². The summed E-state index contributed by atoms with van der Waals surface area (Å²) in [5, 5.41) is 1.37. The van der Waals surface area contributed by atoms with Crippen LogP contribution >= 0.6 is 11.6 Å². The van der Waals surface area contributed by atoms with E-state index in [0.717, 1.165) is 30.7 Å². The van der Waals surface area contributed by atoms with Gasteiger partial charge in [-0.25, -0.2) is 9.97 Å². The first-order chi connectivity index (χ1) is 15.7. The second-order valence-corrected chi connectivity index (χ2v) is 7.12. The molecule has 1 aromatic carbocycles. The largest absolute Gasteiger partial charge is 0.434 e. The SMILES string of the molecule is O=C(NCC(F)(F)c1ccc(-c2cnc(Cl)nc2)cc1C(F)(F)F)c1cccnc1C(F)(F)F. The van der Waals surface area contributed by atoms with Crippen molar-refractivity contribution in [2.45, 2.75) is 18.3 Å². The van der Waals surface area contributed by atoms with Crippen molar-refractivity contribution in [3.8, 4) is 11.1 Å². The lowest BCUT2D eigenvalue weighted by Gasteiger charge is -2.23. The topological polar surface area (TPSA) is 67.8 Å². The third-order valence-electron chi connectivity index (χ3n) is 4.46. The Morgan fingerprint density at radius 1 is 0.853 bits per heavy atom. The first kappa shape index (κ1) is 25.3. The zero-order valence-corrected chi connectivity index (χ0v) is 17.2. The molecule has 180 valence electrons. The highest BCUT2D eigenvalue weighted by Gasteiger charge is 2.43. The summed E-state index contributed by atoms with van der Waals surface area (Å²) in [6, 6.07) is 3.58. The lowest BCUT2D eigenvalue weighted by Crippen LogP contribution is -2.37. The molecule has 0 aliphatic heterocycles. The minimum Gasteiger partial charge on any atom is -0.346 e. The Balaban J connectivity index is 1.91. The number of carbonyl (C=O) groups excluding carboxylic acids is 1. The summed E-state index contributed by atoms with van der Waals surface area (Å²) in [5.74, 6) is -5.88. The van der Waals surface area contributed by atoms with Gasteiger partial charge < -0.3 is 5.32 Å². The molecule has 0 fully saturated rings. The van der Waals surface area contributed by atoms with Crippen LogP contribution in [0.3, 0.4) is 0 Å². The van der Waals surface area contributed by atoms with Crippen molar-refractivity contribution in [2.75, 3.05) is 6.54 Å². The van der Waals surface area contributed by atoms with Crippen molar-refractivity contribution in [2.24, 2.45) is 0 Å². The Kier molecular flexibility index (Phi) is 6.78. The van der Waals surface area contributed by atoms with Crippen molar-refractivity contribution in [3.05, 3.63) is 76.6 Å². The summed E-state index contributed by atoms with van der Waals surface area (Å²) in [5.41, 5.74) is -5.95. The van der Waals surface area contributed by atoms with E-state index in [4.69, 9.17) is 11.6 Å². The van der Waals surface area contributed by atoms with E-state index in [1.807, 2.05) is 0 Å². The molecule has 0 aliphatic rings. The van der Waals surface area contributed by atoms with Gasteiger partial charge >= 0.3 is 12.4 Å². The molecule has 1 amide bonds. The quantitative estimate of drug-likeness (QED) is 0.350. The standard InChI is InChI=1S/C20H11ClF8N4O/c21-17-31-7-11(8-32-17)10-3-4-13(14(6-10)19(24,25)26)18(22,23)9-33-16(34)12-2-1-5-30-15(12)20(27,28)29/h1-8H,9H2,(H,33,34). The molecule has 0 unspecified atom stereocenters. The number of aromatic nitrogens is 3. The minimum atomic E-state index is -5.22. The molecule has 0 atom stereocenters. The summed E-state index contributed by atoms with van der Waals surface area (Å²) in [4.78, 5) is 22.4. The van der Waals surface area contributed by atoms with Crippen molar-refractivity contribution >= 4 is 17.5 Å². The van der Waals surface area contributed by atoms with Gasteiger partial charge in [0.25, 0.3) is 11.8 Å². The van der Waals surface area contributed by atoms with Crippen molar-refractivity contribution < 1.29 is 39.9 Å². The van der Waals surface area contributed by atoms with Gasteiger partial charge in [0, 0.05) is 29.7 Å².